The van der Waals surface area contributed by atoms with Gasteiger partial charge in [-0.3, -0.25) is 24.1 Å². The number of benzene rings is 2. The van der Waals surface area contributed by atoms with Gasteiger partial charge in [0.05, 0.1) is 11.1 Å². The van der Waals surface area contributed by atoms with Gasteiger partial charge in [0.1, 0.15) is 0 Å². The van der Waals surface area contributed by atoms with Gasteiger partial charge in [-0.1, -0.05) is 12.1 Å². The van der Waals surface area contributed by atoms with Crippen molar-refractivity contribution in [2.45, 2.75) is 13.0 Å². The summed E-state index contributed by atoms with van der Waals surface area (Å²) in [6, 6.07) is 11.4. The summed E-state index contributed by atoms with van der Waals surface area (Å²) in [6.07, 6.45) is 0.546. The van der Waals surface area contributed by atoms with E-state index in [2.05, 4.69) is 10.6 Å². The lowest BCUT2D eigenvalue weighted by Gasteiger charge is -2.12. The Kier molecular flexibility index (Phi) is 6.58. The molecule has 8 nitrogen and oxygen atoms in total. The number of carbonyl (C=O) groups excluding carboxylic acids is 4. The second kappa shape index (κ2) is 9.32. The zero-order valence-electron chi connectivity index (χ0n) is 16.9. The first-order valence-corrected chi connectivity index (χ1v) is 9.54. The van der Waals surface area contributed by atoms with Crippen LogP contribution in [0.15, 0.2) is 42.5 Å². The van der Waals surface area contributed by atoms with Crippen LogP contribution < -0.4 is 10.6 Å². The van der Waals surface area contributed by atoms with Gasteiger partial charge in [0.25, 0.3) is 23.6 Å². The van der Waals surface area contributed by atoms with E-state index in [1.165, 1.54) is 23.1 Å². The lowest BCUT2D eigenvalue weighted by atomic mass is 10.0. The molecule has 0 saturated heterocycles. The summed E-state index contributed by atoms with van der Waals surface area (Å²) in [5, 5.41) is 5.33. The highest BCUT2D eigenvalue weighted by Crippen LogP contribution is 2.24. The van der Waals surface area contributed by atoms with Crippen molar-refractivity contribution in [1.29, 1.82) is 0 Å². The van der Waals surface area contributed by atoms with Crippen molar-refractivity contribution in [3.8, 4) is 0 Å². The Bertz CT molecular complexity index is 1000. The topological polar surface area (TPSA) is 105 Å². The van der Waals surface area contributed by atoms with Gasteiger partial charge in [0.2, 0.25) is 0 Å². The lowest BCUT2D eigenvalue weighted by Crippen LogP contribution is -2.31. The van der Waals surface area contributed by atoms with Crippen molar-refractivity contribution in [3.63, 3.8) is 0 Å². The Hall–Kier alpha value is -3.52. The molecule has 2 N–H and O–H groups in total. The first-order chi connectivity index (χ1) is 14.5. The average Bonchev–Trinajstić information content (AvgIpc) is 3.01. The van der Waals surface area contributed by atoms with Gasteiger partial charge in [-0.25, -0.2) is 0 Å². The van der Waals surface area contributed by atoms with E-state index in [0.717, 1.165) is 5.56 Å². The zero-order chi connectivity index (χ0) is 21.7. The molecule has 30 heavy (non-hydrogen) atoms. The third-order valence-corrected chi connectivity index (χ3v) is 4.83. The van der Waals surface area contributed by atoms with E-state index in [1.807, 2.05) is 0 Å². The van der Waals surface area contributed by atoms with Crippen molar-refractivity contribution in [2.24, 2.45) is 0 Å². The standard InChI is InChI=1S/C22H23N3O5/c1-23-19(26)15-6-3-5-14(11-15)13-24-20(27)16-7-8-17-18(12-16)22(29)25(21(17)28)9-4-10-30-2/h3,5-8,11-12H,4,9-10,13H2,1-2H3,(H,23,26)(H,24,27). The molecule has 1 aliphatic heterocycles. The van der Waals surface area contributed by atoms with E-state index < -0.39 is 5.91 Å². The van der Waals surface area contributed by atoms with Gasteiger partial charge in [0, 0.05) is 45.0 Å². The number of methoxy groups -OCH3 is 1. The second-order valence-corrected chi connectivity index (χ2v) is 6.83. The van der Waals surface area contributed by atoms with Crippen LogP contribution in [0, 0.1) is 0 Å². The number of ether oxygens (including phenoxy) is 1. The van der Waals surface area contributed by atoms with E-state index in [0.29, 0.717) is 24.2 Å². The molecule has 1 heterocycles. The van der Waals surface area contributed by atoms with Crippen molar-refractivity contribution in [3.05, 3.63) is 70.3 Å². The average molecular weight is 409 g/mol. The normalized spacial score (nSPS) is 12.7. The molecule has 0 aliphatic carbocycles. The highest BCUT2D eigenvalue weighted by molar-refractivity contribution is 6.22. The minimum Gasteiger partial charge on any atom is -0.385 e. The Morgan fingerprint density at radius 1 is 0.967 bits per heavy atom. The number of nitrogens with one attached hydrogen (secondary N) is 2. The molecule has 8 heteroatoms. The van der Waals surface area contributed by atoms with Gasteiger partial charge in [0.15, 0.2) is 0 Å². The second-order valence-electron chi connectivity index (χ2n) is 6.83. The van der Waals surface area contributed by atoms with Crippen LogP contribution in [-0.4, -0.2) is 55.8 Å². The Labute approximate surface area is 174 Å². The minimum absolute atomic E-state index is 0.208. The van der Waals surface area contributed by atoms with Crippen LogP contribution in [0.25, 0.3) is 0 Å². The van der Waals surface area contributed by atoms with Gasteiger partial charge < -0.3 is 15.4 Å². The number of imide groups is 1. The van der Waals surface area contributed by atoms with Gasteiger partial charge in [-0.2, -0.15) is 0 Å². The highest BCUT2D eigenvalue weighted by Gasteiger charge is 2.35. The number of carbonyl (C=O) groups is 4. The third-order valence-electron chi connectivity index (χ3n) is 4.83. The number of fused-ring (bicyclic) bond motifs is 1. The van der Waals surface area contributed by atoms with Crippen molar-refractivity contribution in [2.75, 3.05) is 27.3 Å². The molecule has 0 aromatic heterocycles. The number of hydrogen-bond donors (Lipinski definition) is 2. The SMILES string of the molecule is CNC(=O)c1cccc(CNC(=O)c2ccc3c(c2)C(=O)N(CCCOC)C3=O)c1. The first kappa shape index (κ1) is 21.2. The van der Waals surface area contributed by atoms with Crippen molar-refractivity contribution >= 4 is 23.6 Å². The van der Waals surface area contributed by atoms with E-state index in [-0.39, 0.29) is 41.9 Å². The van der Waals surface area contributed by atoms with Crippen LogP contribution in [0.1, 0.15) is 53.4 Å². The van der Waals surface area contributed by atoms with Gasteiger partial charge >= 0.3 is 0 Å². The van der Waals surface area contributed by atoms with Crippen LogP contribution >= 0.6 is 0 Å². The van der Waals surface area contributed by atoms with Crippen molar-refractivity contribution in [1.82, 2.24) is 15.5 Å². The molecule has 0 fully saturated rings. The lowest BCUT2D eigenvalue weighted by molar-refractivity contribution is 0.0638. The molecule has 156 valence electrons. The zero-order valence-corrected chi connectivity index (χ0v) is 16.9. The molecule has 2 aromatic rings. The Balaban J connectivity index is 1.69. The Morgan fingerprint density at radius 3 is 2.43 bits per heavy atom. The summed E-state index contributed by atoms with van der Waals surface area (Å²) >= 11 is 0. The molecule has 4 amide bonds. The third kappa shape index (κ3) is 4.38. The maximum atomic E-state index is 12.6. The van der Waals surface area contributed by atoms with Gasteiger partial charge in [-0.15, -0.1) is 0 Å². The molecule has 3 rings (SSSR count). The summed E-state index contributed by atoms with van der Waals surface area (Å²) < 4.78 is 4.97. The molecule has 0 saturated carbocycles. The van der Waals surface area contributed by atoms with Crippen LogP contribution in [0.3, 0.4) is 0 Å². The van der Waals surface area contributed by atoms with E-state index in [4.69, 9.17) is 4.74 Å². The quantitative estimate of drug-likeness (QED) is 0.509. The largest absolute Gasteiger partial charge is 0.385 e. The number of amides is 4. The molecule has 0 unspecified atom stereocenters. The minimum atomic E-state index is -0.404. The smallest absolute Gasteiger partial charge is 0.261 e. The summed E-state index contributed by atoms with van der Waals surface area (Å²) in [5.41, 5.74) is 2.08. The van der Waals surface area contributed by atoms with Crippen LogP contribution in [0.5, 0.6) is 0 Å². The summed E-state index contributed by atoms with van der Waals surface area (Å²) in [5.74, 6) is -1.34. The van der Waals surface area contributed by atoms with Crippen LogP contribution in [0.2, 0.25) is 0 Å². The summed E-state index contributed by atoms with van der Waals surface area (Å²) in [7, 11) is 3.11. The molecular formula is C22H23N3O5. The molecule has 0 bridgehead atoms. The molecular weight excluding hydrogens is 386 g/mol. The van der Waals surface area contributed by atoms with E-state index in [1.54, 1.807) is 38.4 Å². The van der Waals surface area contributed by atoms with Crippen LogP contribution in [-0.2, 0) is 11.3 Å². The monoisotopic (exact) mass is 409 g/mol. The van der Waals surface area contributed by atoms with Gasteiger partial charge in [-0.05, 0) is 42.3 Å². The predicted octanol–water partition coefficient (Wildman–Crippen LogP) is 1.61. The molecule has 0 atom stereocenters. The van der Waals surface area contributed by atoms with E-state index in [9.17, 15) is 19.2 Å². The fourth-order valence-electron chi connectivity index (χ4n) is 3.25. The van der Waals surface area contributed by atoms with Crippen molar-refractivity contribution < 1.29 is 23.9 Å². The summed E-state index contributed by atoms with van der Waals surface area (Å²) in [4.78, 5) is 50.5. The first-order valence-electron chi connectivity index (χ1n) is 9.54. The maximum Gasteiger partial charge on any atom is 0.261 e. The highest BCUT2D eigenvalue weighted by atomic mass is 16.5. The number of rotatable bonds is 8. The maximum absolute atomic E-state index is 12.6. The molecule has 2 aromatic carbocycles. The molecule has 0 spiro atoms. The molecule has 0 radical (unpaired) electrons. The predicted molar refractivity (Wildman–Crippen MR) is 109 cm³/mol. The number of nitrogens with zero attached hydrogens (tertiary/aromatic N) is 1. The van der Waals surface area contributed by atoms with E-state index >= 15 is 0 Å². The number of hydrogen-bond acceptors (Lipinski definition) is 5. The fourth-order valence-corrected chi connectivity index (χ4v) is 3.25. The summed E-state index contributed by atoms with van der Waals surface area (Å²) in [6.45, 7) is 0.933. The Morgan fingerprint density at radius 2 is 1.70 bits per heavy atom. The van der Waals surface area contributed by atoms with Crippen LogP contribution in [0.4, 0.5) is 0 Å². The fraction of sp³-hybridized carbons (Fsp3) is 0.273. The molecule has 1 aliphatic rings.